The predicted molar refractivity (Wildman–Crippen MR) is 60.8 cm³/mol. The molecule has 0 aliphatic heterocycles. The Hall–Kier alpha value is -1.31. The minimum absolute atomic E-state index is 0.131. The minimum Gasteiger partial charge on any atom is -0.465 e. The zero-order valence-corrected chi connectivity index (χ0v) is 9.62. The second kappa shape index (κ2) is 5.54. The molecule has 1 rings (SSSR count). The fourth-order valence-electron chi connectivity index (χ4n) is 1.31. The van der Waals surface area contributed by atoms with Crippen LogP contribution in [0.15, 0.2) is 24.3 Å². The lowest BCUT2D eigenvalue weighted by Crippen LogP contribution is -2.09. The van der Waals surface area contributed by atoms with Gasteiger partial charge in [0.15, 0.2) is 0 Å². The normalized spacial score (nSPS) is 12.2. The summed E-state index contributed by atoms with van der Waals surface area (Å²) in [5.74, 6) is 0.134. The monoisotopic (exact) mass is 206 g/mol. The van der Waals surface area contributed by atoms with Gasteiger partial charge in [0.25, 0.3) is 0 Å². The third-order valence-electron chi connectivity index (χ3n) is 2.43. The molecule has 15 heavy (non-hydrogen) atoms. The Morgan fingerprint density at radius 2 is 1.93 bits per heavy atom. The first-order valence-electron chi connectivity index (χ1n) is 5.35. The van der Waals surface area contributed by atoms with Gasteiger partial charge in [-0.3, -0.25) is 4.79 Å². The molecule has 1 atom stereocenters. The Balaban J connectivity index is 2.50. The number of rotatable bonds is 4. The molecular formula is C13H18O2. The molecule has 2 nitrogen and oxygen atoms in total. The molecule has 0 spiro atoms. The summed E-state index contributed by atoms with van der Waals surface area (Å²) in [7, 11) is 0. The van der Waals surface area contributed by atoms with Gasteiger partial charge in [0.05, 0.1) is 6.61 Å². The highest BCUT2D eigenvalue weighted by Gasteiger charge is 2.07. The molecule has 0 bridgehead atoms. The van der Waals surface area contributed by atoms with Crippen LogP contribution < -0.4 is 0 Å². The molecule has 0 heterocycles. The lowest BCUT2D eigenvalue weighted by Gasteiger charge is -2.12. The molecule has 0 saturated heterocycles. The van der Waals surface area contributed by atoms with Gasteiger partial charge >= 0.3 is 5.97 Å². The molecule has 82 valence electrons. The highest BCUT2D eigenvalue weighted by atomic mass is 16.5. The van der Waals surface area contributed by atoms with E-state index in [4.69, 9.17) is 4.74 Å². The predicted octanol–water partition coefficient (Wildman–Crippen LogP) is 3.05. The lowest BCUT2D eigenvalue weighted by molar-refractivity contribution is -0.143. The van der Waals surface area contributed by atoms with Crippen LogP contribution in [-0.4, -0.2) is 12.6 Å². The van der Waals surface area contributed by atoms with Crippen LogP contribution in [0.5, 0.6) is 0 Å². The van der Waals surface area contributed by atoms with Gasteiger partial charge < -0.3 is 4.74 Å². The van der Waals surface area contributed by atoms with Crippen LogP contribution in [0.25, 0.3) is 0 Å². The summed E-state index contributed by atoms with van der Waals surface area (Å²) < 4.78 is 5.10. The van der Waals surface area contributed by atoms with Crippen molar-refractivity contribution in [1.29, 1.82) is 0 Å². The number of carbonyl (C=O) groups is 1. The van der Waals surface area contributed by atoms with Gasteiger partial charge in [0.2, 0.25) is 0 Å². The van der Waals surface area contributed by atoms with Crippen LogP contribution >= 0.6 is 0 Å². The fraction of sp³-hybridized carbons (Fsp3) is 0.462. The van der Waals surface area contributed by atoms with Crippen LogP contribution in [-0.2, 0) is 9.53 Å². The van der Waals surface area contributed by atoms with Crippen LogP contribution in [0.4, 0.5) is 0 Å². The molecule has 1 aromatic carbocycles. The Labute approximate surface area is 91.3 Å². The molecule has 0 aliphatic rings. The number of hydrogen-bond donors (Lipinski definition) is 0. The summed E-state index contributed by atoms with van der Waals surface area (Å²) in [6.07, 6.45) is 0.445. The first-order valence-corrected chi connectivity index (χ1v) is 5.35. The van der Waals surface area contributed by atoms with E-state index >= 15 is 0 Å². The summed E-state index contributed by atoms with van der Waals surface area (Å²) in [6, 6.07) is 8.32. The van der Waals surface area contributed by atoms with E-state index in [1.54, 1.807) is 6.92 Å². The molecule has 0 radical (unpaired) electrons. The number of carbonyl (C=O) groups excluding carboxylic acids is 1. The Kier molecular flexibility index (Phi) is 4.35. The maximum absolute atomic E-state index is 11.0. The molecule has 0 amide bonds. The van der Waals surface area contributed by atoms with Crippen molar-refractivity contribution < 1.29 is 9.53 Å². The molecule has 0 aliphatic carbocycles. The van der Waals surface area contributed by atoms with Crippen molar-refractivity contribution in [3.05, 3.63) is 35.4 Å². The van der Waals surface area contributed by atoms with E-state index in [0.29, 0.717) is 13.0 Å². The minimum atomic E-state index is -0.131. The zero-order valence-electron chi connectivity index (χ0n) is 9.62. The molecule has 1 aromatic rings. The van der Waals surface area contributed by atoms with E-state index in [1.807, 2.05) is 0 Å². The molecule has 1 unspecified atom stereocenters. The summed E-state index contributed by atoms with van der Waals surface area (Å²) in [4.78, 5) is 11.0. The first kappa shape index (κ1) is 11.8. The molecule has 0 saturated carbocycles. The van der Waals surface area contributed by atoms with Crippen molar-refractivity contribution in [2.75, 3.05) is 6.61 Å². The number of ether oxygens (including phenoxy) is 1. The standard InChI is InChI=1S/C13H18O2/c1-4-13(14)15-9-11(3)12-7-5-10(2)6-8-12/h5-8,11H,4,9H2,1-3H3. The number of benzene rings is 1. The van der Waals surface area contributed by atoms with E-state index in [0.717, 1.165) is 0 Å². The number of hydrogen-bond acceptors (Lipinski definition) is 2. The van der Waals surface area contributed by atoms with Gasteiger partial charge in [0, 0.05) is 12.3 Å². The van der Waals surface area contributed by atoms with Crippen molar-refractivity contribution in [1.82, 2.24) is 0 Å². The average molecular weight is 206 g/mol. The first-order chi connectivity index (χ1) is 7.13. The average Bonchev–Trinajstić information content (AvgIpc) is 2.26. The quantitative estimate of drug-likeness (QED) is 0.708. The summed E-state index contributed by atoms with van der Waals surface area (Å²) in [5.41, 5.74) is 2.46. The highest BCUT2D eigenvalue weighted by Crippen LogP contribution is 2.16. The van der Waals surface area contributed by atoms with Crippen molar-refractivity contribution in [2.45, 2.75) is 33.1 Å². The van der Waals surface area contributed by atoms with Gasteiger partial charge in [-0.05, 0) is 12.5 Å². The molecular weight excluding hydrogens is 188 g/mol. The molecule has 0 N–H and O–H groups in total. The van der Waals surface area contributed by atoms with E-state index < -0.39 is 0 Å². The second-order valence-corrected chi connectivity index (χ2v) is 3.85. The molecule has 0 fully saturated rings. The zero-order chi connectivity index (χ0) is 11.3. The van der Waals surface area contributed by atoms with E-state index in [-0.39, 0.29) is 11.9 Å². The van der Waals surface area contributed by atoms with E-state index in [1.165, 1.54) is 11.1 Å². The molecule has 2 heteroatoms. The largest absolute Gasteiger partial charge is 0.465 e. The van der Waals surface area contributed by atoms with Crippen LogP contribution in [0.3, 0.4) is 0 Å². The van der Waals surface area contributed by atoms with Gasteiger partial charge in [-0.15, -0.1) is 0 Å². The Bertz CT molecular complexity index is 314. The Morgan fingerprint density at radius 3 is 2.47 bits per heavy atom. The van der Waals surface area contributed by atoms with Crippen LogP contribution in [0, 0.1) is 6.92 Å². The molecule has 0 aromatic heterocycles. The third-order valence-corrected chi connectivity index (χ3v) is 2.43. The van der Waals surface area contributed by atoms with Gasteiger partial charge in [-0.25, -0.2) is 0 Å². The second-order valence-electron chi connectivity index (χ2n) is 3.85. The maximum atomic E-state index is 11.0. The van der Waals surface area contributed by atoms with Crippen LogP contribution in [0.1, 0.15) is 37.3 Å². The van der Waals surface area contributed by atoms with Crippen LogP contribution in [0.2, 0.25) is 0 Å². The third kappa shape index (κ3) is 3.74. The maximum Gasteiger partial charge on any atom is 0.305 e. The van der Waals surface area contributed by atoms with Gasteiger partial charge in [-0.2, -0.15) is 0 Å². The van der Waals surface area contributed by atoms with E-state index in [9.17, 15) is 4.79 Å². The smallest absolute Gasteiger partial charge is 0.305 e. The summed E-state index contributed by atoms with van der Waals surface area (Å²) in [5, 5.41) is 0. The van der Waals surface area contributed by atoms with Gasteiger partial charge in [0.1, 0.15) is 0 Å². The summed E-state index contributed by atoms with van der Waals surface area (Å²) >= 11 is 0. The number of aryl methyl sites for hydroxylation is 1. The van der Waals surface area contributed by atoms with Gasteiger partial charge in [-0.1, -0.05) is 43.7 Å². The Morgan fingerprint density at radius 1 is 1.33 bits per heavy atom. The fourth-order valence-corrected chi connectivity index (χ4v) is 1.31. The van der Waals surface area contributed by atoms with Crippen molar-refractivity contribution in [3.63, 3.8) is 0 Å². The number of esters is 1. The highest BCUT2D eigenvalue weighted by molar-refractivity contribution is 5.68. The van der Waals surface area contributed by atoms with E-state index in [2.05, 4.69) is 38.1 Å². The topological polar surface area (TPSA) is 26.3 Å². The lowest BCUT2D eigenvalue weighted by atomic mass is 10.0. The van der Waals surface area contributed by atoms with Crippen molar-refractivity contribution in [3.8, 4) is 0 Å². The SMILES string of the molecule is CCC(=O)OCC(C)c1ccc(C)cc1. The van der Waals surface area contributed by atoms with Crippen molar-refractivity contribution >= 4 is 5.97 Å². The van der Waals surface area contributed by atoms with Crippen molar-refractivity contribution in [2.24, 2.45) is 0 Å². The summed E-state index contributed by atoms with van der Waals surface area (Å²) in [6.45, 7) is 6.40.